The number of ether oxygens (including phenoxy) is 1. The van der Waals surface area contributed by atoms with Crippen LogP contribution in [-0.2, 0) is 9.53 Å². The average molecular weight is 222 g/mol. The molecule has 4 heteroatoms. The third-order valence-corrected chi connectivity index (χ3v) is 3.51. The zero-order valence-corrected chi connectivity index (χ0v) is 9.74. The molecule has 1 heterocycles. The highest BCUT2D eigenvalue weighted by molar-refractivity contribution is 5.88. The van der Waals surface area contributed by atoms with Crippen molar-refractivity contribution >= 4 is 5.91 Å². The Morgan fingerprint density at radius 1 is 1.62 bits per heavy atom. The van der Waals surface area contributed by atoms with Crippen LogP contribution in [-0.4, -0.2) is 37.6 Å². The lowest BCUT2D eigenvalue weighted by Gasteiger charge is -2.28. The van der Waals surface area contributed by atoms with Crippen molar-refractivity contribution < 1.29 is 9.53 Å². The summed E-state index contributed by atoms with van der Waals surface area (Å²) in [5.41, 5.74) is -0.676. The summed E-state index contributed by atoms with van der Waals surface area (Å²) in [6.07, 6.45) is 3.66. The molecule has 2 rings (SSSR count). The molecule has 2 fully saturated rings. The monoisotopic (exact) mass is 222 g/mol. The number of hydrogen-bond donors (Lipinski definition) is 0. The predicted molar refractivity (Wildman–Crippen MR) is 58.5 cm³/mol. The molecule has 0 N–H and O–H groups in total. The van der Waals surface area contributed by atoms with Crippen molar-refractivity contribution in [2.24, 2.45) is 11.3 Å². The summed E-state index contributed by atoms with van der Waals surface area (Å²) in [6, 6.07) is 2.15. The molecule has 4 nitrogen and oxygen atoms in total. The van der Waals surface area contributed by atoms with Crippen molar-refractivity contribution in [3.05, 3.63) is 0 Å². The predicted octanol–water partition coefficient (Wildman–Crippen LogP) is 1.18. The van der Waals surface area contributed by atoms with Gasteiger partial charge in [0.15, 0.2) is 0 Å². The summed E-state index contributed by atoms with van der Waals surface area (Å²) in [7, 11) is 1.80. The van der Waals surface area contributed by atoms with E-state index in [4.69, 9.17) is 10.00 Å². The van der Waals surface area contributed by atoms with E-state index in [-0.39, 0.29) is 5.91 Å². The van der Waals surface area contributed by atoms with Gasteiger partial charge in [-0.1, -0.05) is 0 Å². The van der Waals surface area contributed by atoms with Crippen LogP contribution in [0.3, 0.4) is 0 Å². The van der Waals surface area contributed by atoms with Crippen molar-refractivity contribution in [1.29, 1.82) is 5.26 Å². The van der Waals surface area contributed by atoms with Gasteiger partial charge in [0, 0.05) is 20.2 Å². The van der Waals surface area contributed by atoms with E-state index in [1.165, 1.54) is 0 Å². The molecule has 1 unspecified atom stereocenters. The largest absolute Gasteiger partial charge is 0.381 e. The Morgan fingerprint density at radius 3 is 2.88 bits per heavy atom. The van der Waals surface area contributed by atoms with Crippen LogP contribution in [0.25, 0.3) is 0 Å². The van der Waals surface area contributed by atoms with Gasteiger partial charge in [-0.3, -0.25) is 4.79 Å². The Morgan fingerprint density at radius 2 is 2.38 bits per heavy atom. The molecule has 0 spiro atoms. The molecule has 0 aromatic carbocycles. The first kappa shape index (κ1) is 11.4. The minimum Gasteiger partial charge on any atom is -0.381 e. The highest BCUT2D eigenvalue weighted by Crippen LogP contribution is 2.46. The standard InChI is InChI=1S/C12H18N2O2/c1-14(7-10-3-2-6-16-8-10)11(15)12(9-13)4-5-12/h10H,2-8H2,1H3. The van der Waals surface area contributed by atoms with Crippen LogP contribution in [0.1, 0.15) is 25.7 Å². The number of rotatable bonds is 3. The molecule has 0 aromatic heterocycles. The minimum absolute atomic E-state index is 0.000531. The number of amides is 1. The first-order valence-electron chi connectivity index (χ1n) is 5.92. The third kappa shape index (κ3) is 2.19. The molecular weight excluding hydrogens is 204 g/mol. The molecule has 16 heavy (non-hydrogen) atoms. The fraction of sp³-hybridized carbons (Fsp3) is 0.833. The summed E-state index contributed by atoms with van der Waals surface area (Å²) >= 11 is 0. The van der Waals surface area contributed by atoms with Gasteiger partial charge in [0.1, 0.15) is 5.41 Å². The van der Waals surface area contributed by atoms with Crippen molar-refractivity contribution in [3.8, 4) is 6.07 Å². The Hall–Kier alpha value is -1.08. The lowest BCUT2D eigenvalue weighted by Crippen LogP contribution is -2.39. The van der Waals surface area contributed by atoms with Gasteiger partial charge in [0.25, 0.3) is 0 Å². The summed E-state index contributed by atoms with van der Waals surface area (Å²) in [5, 5.41) is 8.96. The minimum atomic E-state index is -0.676. The zero-order chi connectivity index (χ0) is 11.6. The first-order chi connectivity index (χ1) is 7.68. The molecule has 1 aliphatic heterocycles. The topological polar surface area (TPSA) is 53.3 Å². The third-order valence-electron chi connectivity index (χ3n) is 3.51. The Labute approximate surface area is 96.2 Å². The van der Waals surface area contributed by atoms with Crippen LogP contribution < -0.4 is 0 Å². The molecule has 2 aliphatic rings. The Bertz CT molecular complexity index is 311. The Kier molecular flexibility index (Phi) is 3.15. The van der Waals surface area contributed by atoms with Crippen LogP contribution in [0.15, 0.2) is 0 Å². The lowest BCUT2D eigenvalue weighted by molar-refractivity contribution is -0.134. The molecule has 1 aliphatic carbocycles. The van der Waals surface area contributed by atoms with E-state index >= 15 is 0 Å². The molecule has 1 amide bonds. The SMILES string of the molecule is CN(CC1CCCOC1)C(=O)C1(C#N)CC1. The van der Waals surface area contributed by atoms with Gasteiger partial charge in [-0.25, -0.2) is 0 Å². The maximum absolute atomic E-state index is 12.0. The van der Waals surface area contributed by atoms with E-state index in [0.29, 0.717) is 5.92 Å². The molecule has 0 aromatic rings. The molecule has 1 atom stereocenters. The maximum atomic E-state index is 12.0. The van der Waals surface area contributed by atoms with Gasteiger partial charge < -0.3 is 9.64 Å². The van der Waals surface area contributed by atoms with Crippen LogP contribution in [0.5, 0.6) is 0 Å². The molecule has 0 radical (unpaired) electrons. The normalized spacial score (nSPS) is 26.9. The van der Waals surface area contributed by atoms with Crippen LogP contribution in [0.4, 0.5) is 0 Å². The lowest BCUT2D eigenvalue weighted by atomic mass is 10.0. The molecule has 88 valence electrons. The van der Waals surface area contributed by atoms with E-state index in [0.717, 1.165) is 45.4 Å². The number of hydrogen-bond acceptors (Lipinski definition) is 3. The second-order valence-corrected chi connectivity index (χ2v) is 4.96. The quantitative estimate of drug-likeness (QED) is 0.720. The van der Waals surface area contributed by atoms with Crippen LogP contribution in [0, 0.1) is 22.7 Å². The van der Waals surface area contributed by atoms with Gasteiger partial charge in [0.2, 0.25) is 5.91 Å². The molecule has 1 saturated heterocycles. The van der Waals surface area contributed by atoms with E-state index in [9.17, 15) is 4.79 Å². The number of nitrogens with zero attached hydrogens (tertiary/aromatic N) is 2. The number of nitriles is 1. The van der Waals surface area contributed by atoms with Gasteiger partial charge in [-0.2, -0.15) is 5.26 Å². The first-order valence-corrected chi connectivity index (χ1v) is 5.92. The number of carbonyl (C=O) groups is 1. The summed E-state index contributed by atoms with van der Waals surface area (Å²) in [4.78, 5) is 13.7. The molecule has 0 bridgehead atoms. The zero-order valence-electron chi connectivity index (χ0n) is 9.74. The summed E-state index contributed by atoms with van der Waals surface area (Å²) in [6.45, 7) is 2.32. The van der Waals surface area contributed by atoms with E-state index < -0.39 is 5.41 Å². The van der Waals surface area contributed by atoms with Gasteiger partial charge >= 0.3 is 0 Å². The average Bonchev–Trinajstić information content (AvgIpc) is 3.10. The molecular formula is C12H18N2O2. The van der Waals surface area contributed by atoms with Gasteiger partial charge in [-0.15, -0.1) is 0 Å². The van der Waals surface area contributed by atoms with Crippen molar-refractivity contribution in [2.45, 2.75) is 25.7 Å². The van der Waals surface area contributed by atoms with Crippen molar-refractivity contribution in [2.75, 3.05) is 26.8 Å². The van der Waals surface area contributed by atoms with Gasteiger partial charge in [-0.05, 0) is 31.6 Å². The van der Waals surface area contributed by atoms with Gasteiger partial charge in [0.05, 0.1) is 12.7 Å². The summed E-state index contributed by atoms with van der Waals surface area (Å²) < 4.78 is 5.39. The molecule has 1 saturated carbocycles. The fourth-order valence-corrected chi connectivity index (χ4v) is 2.29. The second-order valence-electron chi connectivity index (χ2n) is 4.96. The van der Waals surface area contributed by atoms with Crippen LogP contribution >= 0.6 is 0 Å². The maximum Gasteiger partial charge on any atom is 0.242 e. The fourth-order valence-electron chi connectivity index (χ4n) is 2.29. The highest BCUT2D eigenvalue weighted by Gasteiger charge is 2.52. The highest BCUT2D eigenvalue weighted by atomic mass is 16.5. The Balaban J connectivity index is 1.85. The van der Waals surface area contributed by atoms with Crippen molar-refractivity contribution in [1.82, 2.24) is 4.90 Å². The van der Waals surface area contributed by atoms with E-state index in [1.54, 1.807) is 11.9 Å². The second kappa shape index (κ2) is 4.42. The summed E-state index contributed by atoms with van der Waals surface area (Å²) in [5.74, 6) is 0.442. The van der Waals surface area contributed by atoms with Crippen molar-refractivity contribution in [3.63, 3.8) is 0 Å². The van der Waals surface area contributed by atoms with E-state index in [1.807, 2.05) is 0 Å². The number of carbonyl (C=O) groups excluding carboxylic acids is 1. The van der Waals surface area contributed by atoms with E-state index in [2.05, 4.69) is 6.07 Å². The smallest absolute Gasteiger partial charge is 0.242 e. The van der Waals surface area contributed by atoms with Crippen LogP contribution in [0.2, 0.25) is 0 Å².